The highest BCUT2D eigenvalue weighted by Crippen LogP contribution is 2.36. The second kappa shape index (κ2) is 8.90. The first-order valence-corrected chi connectivity index (χ1v) is 10.0. The quantitative estimate of drug-likeness (QED) is 0.310. The number of nitrogens with zero attached hydrogens (tertiary/aromatic N) is 2. The van der Waals surface area contributed by atoms with Gasteiger partial charge in [-0.15, -0.1) is 0 Å². The molecule has 1 N–H and O–H groups in total. The van der Waals surface area contributed by atoms with Crippen molar-refractivity contribution < 1.29 is 18.7 Å². The average Bonchev–Trinajstić information content (AvgIpc) is 3.23. The lowest BCUT2D eigenvalue weighted by atomic mass is 10.1. The lowest BCUT2D eigenvalue weighted by molar-refractivity contribution is 0.0929. The number of hydrogen-bond acceptors (Lipinski definition) is 6. The maximum Gasteiger partial charge on any atom is 0.307 e. The molecule has 0 fully saturated rings. The number of nitriles is 1. The van der Waals surface area contributed by atoms with Crippen LogP contribution in [0.5, 0.6) is 11.5 Å². The minimum Gasteiger partial charge on any atom is -0.493 e. The molecule has 3 aromatic carbocycles. The number of carbonyl (C=O) groups excluding carboxylic acids is 1. The number of rotatable bonds is 6. The first kappa shape index (κ1) is 20.4. The lowest BCUT2D eigenvalue weighted by Crippen LogP contribution is -2.16. The summed E-state index contributed by atoms with van der Waals surface area (Å²) in [5, 5.41) is 15.7. The predicted octanol–water partition coefficient (Wildman–Crippen LogP) is 5.02. The van der Waals surface area contributed by atoms with Crippen LogP contribution < -0.4 is 14.9 Å². The minimum absolute atomic E-state index is 0.106. The Morgan fingerprint density at radius 3 is 2.87 bits per heavy atom. The highest BCUT2D eigenvalue weighted by molar-refractivity contribution is 9.10. The summed E-state index contributed by atoms with van der Waals surface area (Å²) in [5.74, 6) is 0.556. The number of fused-ring (bicyclic) bond motifs is 3. The SMILES string of the molecule is COc1cc(/C=N\NC(=O)c2cc3c(ccc4ccccc43)o2)cc(Br)c1OCC#N. The Kier molecular flexibility index (Phi) is 5.87. The van der Waals surface area contributed by atoms with Gasteiger partial charge in [0.15, 0.2) is 23.9 Å². The number of halogens is 1. The van der Waals surface area contributed by atoms with Gasteiger partial charge in [0.25, 0.3) is 0 Å². The van der Waals surface area contributed by atoms with Crippen LogP contribution in [0.2, 0.25) is 0 Å². The Hall–Kier alpha value is -3.83. The van der Waals surface area contributed by atoms with Crippen LogP contribution in [0.15, 0.2) is 68.6 Å². The molecule has 0 saturated heterocycles. The molecule has 0 saturated carbocycles. The van der Waals surface area contributed by atoms with Gasteiger partial charge in [-0.1, -0.05) is 30.3 Å². The van der Waals surface area contributed by atoms with E-state index < -0.39 is 5.91 Å². The summed E-state index contributed by atoms with van der Waals surface area (Å²) in [7, 11) is 1.50. The molecule has 7 nitrogen and oxygen atoms in total. The molecule has 4 rings (SSSR count). The molecule has 4 aromatic rings. The Balaban J connectivity index is 1.53. The minimum atomic E-state index is -0.462. The van der Waals surface area contributed by atoms with E-state index in [1.54, 1.807) is 18.2 Å². The number of methoxy groups -OCH3 is 1. The smallest absolute Gasteiger partial charge is 0.307 e. The van der Waals surface area contributed by atoms with Crippen molar-refractivity contribution in [3.05, 3.63) is 70.4 Å². The summed E-state index contributed by atoms with van der Waals surface area (Å²) >= 11 is 3.39. The first-order chi connectivity index (χ1) is 15.1. The number of nitrogens with one attached hydrogen (secondary N) is 1. The number of hydrogen-bond donors (Lipinski definition) is 1. The number of furan rings is 1. The van der Waals surface area contributed by atoms with Crippen LogP contribution in [0.3, 0.4) is 0 Å². The first-order valence-electron chi connectivity index (χ1n) is 9.22. The zero-order chi connectivity index (χ0) is 21.8. The van der Waals surface area contributed by atoms with Crippen molar-refractivity contribution in [1.29, 1.82) is 5.26 Å². The lowest BCUT2D eigenvalue weighted by Gasteiger charge is -2.11. The molecule has 0 aliphatic carbocycles. The maximum absolute atomic E-state index is 12.5. The van der Waals surface area contributed by atoms with Crippen molar-refractivity contribution in [2.45, 2.75) is 0 Å². The van der Waals surface area contributed by atoms with Gasteiger partial charge in [0, 0.05) is 5.39 Å². The highest BCUT2D eigenvalue weighted by atomic mass is 79.9. The summed E-state index contributed by atoms with van der Waals surface area (Å²) in [4.78, 5) is 12.5. The molecule has 0 unspecified atom stereocenters. The van der Waals surface area contributed by atoms with E-state index in [1.807, 2.05) is 42.5 Å². The van der Waals surface area contributed by atoms with E-state index in [0.29, 0.717) is 27.1 Å². The van der Waals surface area contributed by atoms with E-state index in [4.69, 9.17) is 19.2 Å². The molecule has 1 amide bonds. The van der Waals surface area contributed by atoms with Crippen LogP contribution in [0, 0.1) is 11.3 Å². The van der Waals surface area contributed by atoms with Crippen LogP contribution in [0.25, 0.3) is 21.7 Å². The molecule has 0 aliphatic rings. The van der Waals surface area contributed by atoms with Crippen molar-refractivity contribution in [3.8, 4) is 17.6 Å². The molecule has 31 heavy (non-hydrogen) atoms. The van der Waals surface area contributed by atoms with Gasteiger partial charge < -0.3 is 13.9 Å². The Labute approximate surface area is 186 Å². The van der Waals surface area contributed by atoms with Gasteiger partial charge in [0.05, 0.1) is 17.8 Å². The van der Waals surface area contributed by atoms with Gasteiger partial charge in [-0.3, -0.25) is 4.79 Å². The fraction of sp³-hybridized carbons (Fsp3) is 0.0870. The third-order valence-electron chi connectivity index (χ3n) is 4.56. The molecule has 0 aliphatic heterocycles. The Morgan fingerprint density at radius 1 is 1.23 bits per heavy atom. The zero-order valence-corrected chi connectivity index (χ0v) is 18.0. The second-order valence-electron chi connectivity index (χ2n) is 6.49. The van der Waals surface area contributed by atoms with Gasteiger partial charge in [-0.25, -0.2) is 5.43 Å². The van der Waals surface area contributed by atoms with Gasteiger partial charge >= 0.3 is 5.91 Å². The van der Waals surface area contributed by atoms with Gasteiger partial charge in [0.1, 0.15) is 11.7 Å². The molecule has 154 valence electrons. The predicted molar refractivity (Wildman–Crippen MR) is 121 cm³/mol. The molecule has 1 heterocycles. The molecule has 8 heteroatoms. The van der Waals surface area contributed by atoms with Crippen molar-refractivity contribution >= 4 is 49.8 Å². The summed E-state index contributed by atoms with van der Waals surface area (Å²) in [6.45, 7) is -0.106. The standard InChI is InChI=1S/C23H16BrN3O4/c1-29-20-11-14(10-18(24)22(20)30-9-8-25)13-26-27-23(28)21-12-17-16-5-3-2-4-15(16)6-7-19(17)31-21/h2-7,10-13H,9H2,1H3,(H,27,28)/b26-13-. The second-order valence-corrected chi connectivity index (χ2v) is 7.34. The van der Waals surface area contributed by atoms with E-state index in [9.17, 15) is 4.79 Å². The van der Waals surface area contributed by atoms with Crippen LogP contribution in [-0.4, -0.2) is 25.8 Å². The summed E-state index contributed by atoms with van der Waals surface area (Å²) < 4.78 is 17.0. The topological polar surface area (TPSA) is 96.8 Å². The third-order valence-corrected chi connectivity index (χ3v) is 5.15. The van der Waals surface area contributed by atoms with E-state index in [-0.39, 0.29) is 12.4 Å². The fourth-order valence-electron chi connectivity index (χ4n) is 3.18. The van der Waals surface area contributed by atoms with E-state index >= 15 is 0 Å². The van der Waals surface area contributed by atoms with E-state index in [1.165, 1.54) is 13.3 Å². The Morgan fingerprint density at radius 2 is 2.06 bits per heavy atom. The fourth-order valence-corrected chi connectivity index (χ4v) is 3.76. The molecule has 0 radical (unpaired) electrons. The van der Waals surface area contributed by atoms with Crippen LogP contribution in [0.4, 0.5) is 0 Å². The van der Waals surface area contributed by atoms with Crippen LogP contribution in [0.1, 0.15) is 16.1 Å². The molecule has 0 atom stereocenters. The third kappa shape index (κ3) is 4.22. The molecule has 1 aromatic heterocycles. The monoisotopic (exact) mass is 477 g/mol. The highest BCUT2D eigenvalue weighted by Gasteiger charge is 2.14. The summed E-state index contributed by atoms with van der Waals surface area (Å²) in [6.07, 6.45) is 1.47. The van der Waals surface area contributed by atoms with Gasteiger partial charge in [-0.2, -0.15) is 10.4 Å². The molecule has 0 bridgehead atoms. The molecule has 0 spiro atoms. The van der Waals surface area contributed by atoms with E-state index in [0.717, 1.165) is 16.2 Å². The maximum atomic E-state index is 12.5. The van der Waals surface area contributed by atoms with Crippen LogP contribution >= 0.6 is 15.9 Å². The molecular formula is C23H16BrN3O4. The zero-order valence-electron chi connectivity index (χ0n) is 16.4. The van der Waals surface area contributed by atoms with E-state index in [2.05, 4.69) is 26.5 Å². The summed E-state index contributed by atoms with van der Waals surface area (Å²) in [5.41, 5.74) is 3.76. The van der Waals surface area contributed by atoms with Gasteiger partial charge in [-0.05, 0) is 56.5 Å². The van der Waals surface area contributed by atoms with Crippen molar-refractivity contribution in [3.63, 3.8) is 0 Å². The number of benzene rings is 3. The molecular weight excluding hydrogens is 462 g/mol. The van der Waals surface area contributed by atoms with Gasteiger partial charge in [0.2, 0.25) is 0 Å². The largest absolute Gasteiger partial charge is 0.493 e. The van der Waals surface area contributed by atoms with Crippen molar-refractivity contribution in [2.75, 3.05) is 13.7 Å². The van der Waals surface area contributed by atoms with Crippen molar-refractivity contribution in [1.82, 2.24) is 5.43 Å². The number of amides is 1. The number of hydrazone groups is 1. The van der Waals surface area contributed by atoms with Crippen LogP contribution in [-0.2, 0) is 0 Å². The Bertz CT molecular complexity index is 1350. The van der Waals surface area contributed by atoms with Crippen molar-refractivity contribution in [2.24, 2.45) is 5.10 Å². The number of carbonyl (C=O) groups is 1. The average molecular weight is 478 g/mol. The summed E-state index contributed by atoms with van der Waals surface area (Å²) in [6, 6.07) is 18.7. The normalized spacial score (nSPS) is 11.0. The number of ether oxygens (including phenoxy) is 2.